The number of amides is 1. The summed E-state index contributed by atoms with van der Waals surface area (Å²) in [6.45, 7) is 2.22. The number of rotatable bonds is 7. The molecule has 1 aromatic carbocycles. The van der Waals surface area contributed by atoms with Gasteiger partial charge in [0.2, 0.25) is 14.9 Å². The molecule has 1 aliphatic rings. The standard InChI is InChI=1S/C21H21BrN2O5S/c22-15-5-7-16(8-6-15)30(26,27)20-10-9-19(29-20)21(25)23-14-17(18-4-3-13-28-18)24-11-1-2-12-24/h3-10,13,17H,1-2,11-12,14H2,(H,23,25). The van der Waals surface area contributed by atoms with Crippen LogP contribution >= 0.6 is 15.9 Å². The molecular weight excluding hydrogens is 472 g/mol. The zero-order valence-electron chi connectivity index (χ0n) is 16.1. The van der Waals surface area contributed by atoms with Gasteiger partial charge in [0.05, 0.1) is 17.2 Å². The van der Waals surface area contributed by atoms with Crippen LogP contribution in [-0.4, -0.2) is 38.9 Å². The van der Waals surface area contributed by atoms with E-state index in [4.69, 9.17) is 8.83 Å². The highest BCUT2D eigenvalue weighted by molar-refractivity contribution is 9.10. The van der Waals surface area contributed by atoms with E-state index in [2.05, 4.69) is 26.1 Å². The van der Waals surface area contributed by atoms with E-state index < -0.39 is 15.7 Å². The summed E-state index contributed by atoms with van der Waals surface area (Å²) < 4.78 is 37.1. The molecule has 158 valence electrons. The second-order valence-electron chi connectivity index (χ2n) is 7.06. The molecule has 3 aromatic rings. The van der Waals surface area contributed by atoms with E-state index in [-0.39, 0.29) is 21.8 Å². The zero-order valence-corrected chi connectivity index (χ0v) is 18.5. The third-order valence-corrected chi connectivity index (χ3v) is 7.27. The fraction of sp³-hybridized carbons (Fsp3) is 0.286. The summed E-state index contributed by atoms with van der Waals surface area (Å²) in [5.41, 5.74) is 0. The maximum atomic E-state index is 12.7. The van der Waals surface area contributed by atoms with Crippen molar-refractivity contribution in [1.29, 1.82) is 0 Å². The third-order valence-electron chi connectivity index (χ3n) is 5.10. The Morgan fingerprint density at radius 1 is 1.10 bits per heavy atom. The Hall–Kier alpha value is -2.36. The lowest BCUT2D eigenvalue weighted by atomic mass is 10.2. The first-order chi connectivity index (χ1) is 14.4. The largest absolute Gasteiger partial charge is 0.468 e. The van der Waals surface area contributed by atoms with Crippen LogP contribution in [0.15, 0.2) is 78.1 Å². The number of carbonyl (C=O) groups excluding carboxylic acids is 1. The van der Waals surface area contributed by atoms with Gasteiger partial charge < -0.3 is 14.2 Å². The first kappa shape index (κ1) is 20.9. The van der Waals surface area contributed by atoms with Gasteiger partial charge in [-0.25, -0.2) is 8.42 Å². The van der Waals surface area contributed by atoms with Crippen molar-refractivity contribution in [1.82, 2.24) is 10.2 Å². The van der Waals surface area contributed by atoms with Crippen molar-refractivity contribution in [2.75, 3.05) is 19.6 Å². The van der Waals surface area contributed by atoms with Crippen molar-refractivity contribution in [2.24, 2.45) is 0 Å². The number of benzene rings is 1. The minimum atomic E-state index is -3.84. The maximum absolute atomic E-state index is 12.7. The molecule has 1 unspecified atom stereocenters. The van der Waals surface area contributed by atoms with Crippen molar-refractivity contribution in [3.8, 4) is 0 Å². The quantitative estimate of drug-likeness (QED) is 0.534. The molecule has 3 heterocycles. The van der Waals surface area contributed by atoms with Crippen LogP contribution in [0.2, 0.25) is 0 Å². The van der Waals surface area contributed by atoms with Crippen LogP contribution < -0.4 is 5.32 Å². The normalized spacial score (nSPS) is 15.9. The molecule has 0 bridgehead atoms. The van der Waals surface area contributed by atoms with Crippen LogP contribution in [0.3, 0.4) is 0 Å². The van der Waals surface area contributed by atoms with Crippen molar-refractivity contribution in [3.05, 3.63) is 70.8 Å². The molecule has 2 aromatic heterocycles. The molecule has 1 fully saturated rings. The smallest absolute Gasteiger partial charge is 0.287 e. The van der Waals surface area contributed by atoms with Crippen LogP contribution in [0.1, 0.15) is 35.2 Å². The van der Waals surface area contributed by atoms with Gasteiger partial charge in [-0.05, 0) is 74.5 Å². The van der Waals surface area contributed by atoms with Gasteiger partial charge in [0.1, 0.15) is 5.76 Å². The van der Waals surface area contributed by atoms with Gasteiger partial charge in [-0.3, -0.25) is 9.69 Å². The number of furan rings is 2. The molecule has 1 saturated heterocycles. The number of likely N-dealkylation sites (tertiary alicyclic amines) is 1. The minimum absolute atomic E-state index is 0.0506. The monoisotopic (exact) mass is 492 g/mol. The number of hydrogen-bond donors (Lipinski definition) is 1. The number of nitrogens with one attached hydrogen (secondary N) is 1. The Bertz CT molecular complexity index is 1100. The van der Waals surface area contributed by atoms with E-state index in [0.717, 1.165) is 36.2 Å². The molecule has 1 N–H and O–H groups in total. The second-order valence-corrected chi connectivity index (χ2v) is 9.86. The Kier molecular flexibility index (Phi) is 6.12. The number of carbonyl (C=O) groups is 1. The van der Waals surface area contributed by atoms with Crippen molar-refractivity contribution in [2.45, 2.75) is 28.9 Å². The summed E-state index contributed by atoms with van der Waals surface area (Å²) in [5.74, 6) is 0.267. The predicted molar refractivity (Wildman–Crippen MR) is 113 cm³/mol. The van der Waals surface area contributed by atoms with Gasteiger partial charge >= 0.3 is 0 Å². The Morgan fingerprint density at radius 2 is 1.83 bits per heavy atom. The topological polar surface area (TPSA) is 92.8 Å². The molecule has 30 heavy (non-hydrogen) atoms. The van der Waals surface area contributed by atoms with Gasteiger partial charge in [-0.1, -0.05) is 15.9 Å². The lowest BCUT2D eigenvalue weighted by Gasteiger charge is -2.25. The average molecular weight is 493 g/mol. The summed E-state index contributed by atoms with van der Waals surface area (Å²) >= 11 is 3.28. The Morgan fingerprint density at radius 3 is 2.50 bits per heavy atom. The zero-order chi connectivity index (χ0) is 21.1. The molecule has 0 radical (unpaired) electrons. The van der Waals surface area contributed by atoms with E-state index in [0.29, 0.717) is 6.54 Å². The molecule has 0 saturated carbocycles. The fourth-order valence-electron chi connectivity index (χ4n) is 3.54. The molecule has 0 spiro atoms. The highest BCUT2D eigenvalue weighted by atomic mass is 79.9. The van der Waals surface area contributed by atoms with Gasteiger partial charge in [0, 0.05) is 11.0 Å². The predicted octanol–water partition coefficient (Wildman–Crippen LogP) is 4.03. The molecule has 7 nitrogen and oxygen atoms in total. The number of sulfone groups is 1. The molecule has 4 rings (SSSR count). The van der Waals surface area contributed by atoms with Crippen LogP contribution in [-0.2, 0) is 9.84 Å². The fourth-order valence-corrected chi connectivity index (χ4v) is 4.97. The summed E-state index contributed by atoms with van der Waals surface area (Å²) in [4.78, 5) is 15.0. The molecule has 1 atom stereocenters. The highest BCUT2D eigenvalue weighted by Crippen LogP contribution is 2.26. The SMILES string of the molecule is O=C(NCC(c1ccco1)N1CCCC1)c1ccc(S(=O)(=O)c2ccc(Br)cc2)o1. The molecular formula is C21H21BrN2O5S. The Labute approximate surface area is 183 Å². The number of hydrogen-bond acceptors (Lipinski definition) is 6. The maximum Gasteiger partial charge on any atom is 0.287 e. The van der Waals surface area contributed by atoms with E-state index in [1.165, 1.54) is 24.3 Å². The summed E-state index contributed by atoms with van der Waals surface area (Å²) in [7, 11) is -3.84. The lowest BCUT2D eigenvalue weighted by molar-refractivity contribution is 0.0901. The van der Waals surface area contributed by atoms with Crippen molar-refractivity contribution in [3.63, 3.8) is 0 Å². The van der Waals surface area contributed by atoms with E-state index >= 15 is 0 Å². The van der Waals surface area contributed by atoms with Gasteiger partial charge in [-0.2, -0.15) is 0 Å². The van der Waals surface area contributed by atoms with Crippen LogP contribution in [0, 0.1) is 0 Å². The summed E-state index contributed by atoms with van der Waals surface area (Å²) in [6.07, 6.45) is 3.84. The number of nitrogens with zero attached hydrogens (tertiary/aromatic N) is 1. The molecule has 0 aliphatic carbocycles. The first-order valence-electron chi connectivity index (χ1n) is 9.61. The molecule has 1 aliphatic heterocycles. The van der Waals surface area contributed by atoms with Crippen LogP contribution in [0.4, 0.5) is 0 Å². The van der Waals surface area contributed by atoms with Crippen molar-refractivity contribution < 1.29 is 22.0 Å². The van der Waals surface area contributed by atoms with Gasteiger partial charge in [0.15, 0.2) is 5.76 Å². The average Bonchev–Trinajstić information content (AvgIpc) is 3.50. The van der Waals surface area contributed by atoms with Crippen LogP contribution in [0.25, 0.3) is 0 Å². The lowest BCUT2D eigenvalue weighted by Crippen LogP contribution is -2.36. The van der Waals surface area contributed by atoms with Crippen molar-refractivity contribution >= 4 is 31.7 Å². The molecule has 9 heteroatoms. The van der Waals surface area contributed by atoms with Crippen LogP contribution in [0.5, 0.6) is 0 Å². The first-order valence-corrected chi connectivity index (χ1v) is 11.9. The van der Waals surface area contributed by atoms with Gasteiger partial charge in [-0.15, -0.1) is 0 Å². The minimum Gasteiger partial charge on any atom is -0.468 e. The number of halogens is 1. The summed E-state index contributed by atoms with van der Waals surface area (Å²) in [6, 6.07) is 12.5. The van der Waals surface area contributed by atoms with E-state index in [1.807, 2.05) is 12.1 Å². The van der Waals surface area contributed by atoms with E-state index in [1.54, 1.807) is 18.4 Å². The Balaban J connectivity index is 1.46. The third kappa shape index (κ3) is 4.38. The second kappa shape index (κ2) is 8.79. The molecule has 1 amide bonds. The summed E-state index contributed by atoms with van der Waals surface area (Å²) in [5, 5.41) is 2.57. The highest BCUT2D eigenvalue weighted by Gasteiger charge is 2.27. The van der Waals surface area contributed by atoms with Gasteiger partial charge in [0.25, 0.3) is 5.91 Å². The van der Waals surface area contributed by atoms with E-state index in [9.17, 15) is 13.2 Å².